The van der Waals surface area contributed by atoms with E-state index < -0.39 is 0 Å². The van der Waals surface area contributed by atoms with E-state index in [1.54, 1.807) is 12.1 Å². The van der Waals surface area contributed by atoms with E-state index in [1.807, 2.05) is 0 Å². The highest BCUT2D eigenvalue weighted by Crippen LogP contribution is 2.21. The zero-order valence-electron chi connectivity index (χ0n) is 6.68. The van der Waals surface area contributed by atoms with Crippen LogP contribution >= 0.6 is 0 Å². The second-order valence-electron chi connectivity index (χ2n) is 2.39. The largest absolute Gasteiger partial charge is 0.508 e. The summed E-state index contributed by atoms with van der Waals surface area (Å²) >= 11 is 0. The Hall–Kier alpha value is -1.97. The molecule has 0 radical (unpaired) electrons. The molecule has 0 bridgehead atoms. The van der Waals surface area contributed by atoms with Gasteiger partial charge in [-0.15, -0.1) is 0 Å². The standard InChI is InChI=1S/C9H7NO3/c11-7-1-3-8(4-2-7)13-9-10-5-6-12-9/h1-6,11H. The molecule has 13 heavy (non-hydrogen) atoms. The van der Waals surface area contributed by atoms with Crippen LogP contribution in [0, 0.1) is 0 Å². The van der Waals surface area contributed by atoms with Crippen LogP contribution < -0.4 is 4.74 Å². The monoisotopic (exact) mass is 177 g/mol. The van der Waals surface area contributed by atoms with Crippen molar-refractivity contribution in [3.05, 3.63) is 36.7 Å². The molecule has 0 amide bonds. The van der Waals surface area contributed by atoms with Crippen LogP contribution in [0.15, 0.2) is 41.1 Å². The fraction of sp³-hybridized carbons (Fsp3) is 0. The smallest absolute Gasteiger partial charge is 0.399 e. The van der Waals surface area contributed by atoms with Crippen molar-refractivity contribution in [2.24, 2.45) is 0 Å². The van der Waals surface area contributed by atoms with Crippen LogP contribution in [0.1, 0.15) is 0 Å². The highest BCUT2D eigenvalue weighted by atomic mass is 16.6. The van der Waals surface area contributed by atoms with Crippen LogP contribution in [0.2, 0.25) is 0 Å². The first kappa shape index (κ1) is 7.67. The summed E-state index contributed by atoms with van der Waals surface area (Å²) < 4.78 is 10.1. The minimum absolute atomic E-state index is 0.186. The Morgan fingerprint density at radius 3 is 2.62 bits per heavy atom. The minimum atomic E-state index is 0.186. The van der Waals surface area contributed by atoms with E-state index in [0.717, 1.165) is 0 Å². The predicted molar refractivity (Wildman–Crippen MR) is 44.7 cm³/mol. The third kappa shape index (κ3) is 1.79. The zero-order chi connectivity index (χ0) is 9.10. The number of hydrogen-bond acceptors (Lipinski definition) is 4. The lowest BCUT2D eigenvalue weighted by Gasteiger charge is -1.99. The molecule has 0 aliphatic rings. The topological polar surface area (TPSA) is 55.5 Å². The minimum Gasteiger partial charge on any atom is -0.508 e. The fourth-order valence-electron chi connectivity index (χ4n) is 0.876. The van der Waals surface area contributed by atoms with Crippen molar-refractivity contribution in [3.8, 4) is 17.6 Å². The average molecular weight is 177 g/mol. The third-order valence-corrected chi connectivity index (χ3v) is 1.45. The quantitative estimate of drug-likeness (QED) is 0.763. The second-order valence-corrected chi connectivity index (χ2v) is 2.39. The molecular formula is C9H7NO3. The molecule has 0 aliphatic heterocycles. The number of aromatic hydroxyl groups is 1. The van der Waals surface area contributed by atoms with E-state index >= 15 is 0 Å². The SMILES string of the molecule is Oc1ccc(Oc2ncco2)cc1. The van der Waals surface area contributed by atoms with Crippen LogP contribution in [0.25, 0.3) is 0 Å². The normalized spacial score (nSPS) is 9.85. The summed E-state index contributed by atoms with van der Waals surface area (Å²) in [7, 11) is 0. The number of phenolic OH excluding ortho intramolecular Hbond substituents is 1. The van der Waals surface area contributed by atoms with Gasteiger partial charge in [-0.25, -0.2) is 0 Å². The van der Waals surface area contributed by atoms with Gasteiger partial charge in [-0.2, -0.15) is 4.98 Å². The van der Waals surface area contributed by atoms with Crippen molar-refractivity contribution < 1.29 is 14.3 Å². The molecule has 0 aliphatic carbocycles. The summed E-state index contributed by atoms with van der Waals surface area (Å²) in [6, 6.07) is 6.30. The Kier molecular flexibility index (Phi) is 1.88. The van der Waals surface area contributed by atoms with E-state index in [2.05, 4.69) is 4.98 Å². The zero-order valence-corrected chi connectivity index (χ0v) is 6.68. The molecule has 0 atom stereocenters. The molecule has 66 valence electrons. The van der Waals surface area contributed by atoms with Gasteiger partial charge in [-0.1, -0.05) is 0 Å². The molecule has 1 aromatic carbocycles. The van der Waals surface area contributed by atoms with Crippen molar-refractivity contribution in [1.82, 2.24) is 4.98 Å². The maximum absolute atomic E-state index is 8.99. The molecule has 0 saturated carbocycles. The summed E-state index contributed by atoms with van der Waals surface area (Å²) in [5.41, 5.74) is 0. The second kappa shape index (κ2) is 3.18. The lowest BCUT2D eigenvalue weighted by atomic mass is 10.3. The maximum Gasteiger partial charge on any atom is 0.399 e. The lowest BCUT2D eigenvalue weighted by molar-refractivity contribution is 0.330. The van der Waals surface area contributed by atoms with Gasteiger partial charge in [0.1, 0.15) is 17.8 Å². The van der Waals surface area contributed by atoms with Crippen LogP contribution in [-0.4, -0.2) is 10.1 Å². The van der Waals surface area contributed by atoms with Gasteiger partial charge >= 0.3 is 6.08 Å². The molecular weight excluding hydrogens is 170 g/mol. The van der Waals surface area contributed by atoms with E-state index in [4.69, 9.17) is 14.3 Å². The number of oxazole rings is 1. The third-order valence-electron chi connectivity index (χ3n) is 1.45. The molecule has 4 heteroatoms. The van der Waals surface area contributed by atoms with Gasteiger partial charge in [-0.3, -0.25) is 0 Å². The number of ether oxygens (including phenoxy) is 1. The van der Waals surface area contributed by atoms with Crippen molar-refractivity contribution in [3.63, 3.8) is 0 Å². The summed E-state index contributed by atoms with van der Waals surface area (Å²) in [6.07, 6.45) is 3.11. The molecule has 2 rings (SSSR count). The van der Waals surface area contributed by atoms with Crippen molar-refractivity contribution in [1.29, 1.82) is 0 Å². The highest BCUT2D eigenvalue weighted by molar-refractivity contribution is 5.31. The molecule has 4 nitrogen and oxygen atoms in total. The molecule has 0 saturated heterocycles. The molecule has 1 heterocycles. The first-order chi connectivity index (χ1) is 6.34. The maximum atomic E-state index is 8.99. The number of benzene rings is 1. The van der Waals surface area contributed by atoms with Gasteiger partial charge in [0.2, 0.25) is 0 Å². The van der Waals surface area contributed by atoms with E-state index in [9.17, 15) is 0 Å². The number of hydrogen-bond donors (Lipinski definition) is 1. The molecule has 2 aromatic rings. The van der Waals surface area contributed by atoms with E-state index in [-0.39, 0.29) is 11.8 Å². The van der Waals surface area contributed by atoms with Gasteiger partial charge in [0.05, 0.1) is 6.20 Å². The lowest BCUT2D eigenvalue weighted by Crippen LogP contribution is -1.82. The van der Waals surface area contributed by atoms with Crippen LogP contribution in [0.4, 0.5) is 0 Å². The van der Waals surface area contributed by atoms with Crippen LogP contribution in [0.5, 0.6) is 17.6 Å². The van der Waals surface area contributed by atoms with Crippen molar-refractivity contribution in [2.75, 3.05) is 0 Å². The van der Waals surface area contributed by atoms with Gasteiger partial charge in [0, 0.05) is 0 Å². The van der Waals surface area contributed by atoms with Crippen LogP contribution in [0.3, 0.4) is 0 Å². The van der Waals surface area contributed by atoms with E-state index in [1.165, 1.54) is 24.6 Å². The number of nitrogens with zero attached hydrogens (tertiary/aromatic N) is 1. The Morgan fingerprint density at radius 2 is 2.00 bits per heavy atom. The van der Waals surface area contributed by atoms with Gasteiger partial charge in [-0.05, 0) is 24.3 Å². The average Bonchev–Trinajstić information content (AvgIpc) is 2.62. The van der Waals surface area contributed by atoms with Crippen LogP contribution in [-0.2, 0) is 0 Å². The summed E-state index contributed by atoms with van der Waals surface area (Å²) in [5, 5.41) is 8.99. The summed E-state index contributed by atoms with van der Waals surface area (Å²) in [6.45, 7) is 0. The Labute approximate surface area is 74.4 Å². The van der Waals surface area contributed by atoms with Gasteiger partial charge < -0.3 is 14.3 Å². The number of phenols is 1. The fourth-order valence-corrected chi connectivity index (χ4v) is 0.876. The summed E-state index contributed by atoms with van der Waals surface area (Å²) in [4.78, 5) is 3.78. The summed E-state index contributed by atoms with van der Waals surface area (Å²) in [5.74, 6) is 0.764. The molecule has 1 N–H and O–H groups in total. The van der Waals surface area contributed by atoms with Gasteiger partial charge in [0.15, 0.2) is 0 Å². The molecule has 0 spiro atoms. The Balaban J connectivity index is 2.15. The molecule has 1 aromatic heterocycles. The highest BCUT2D eigenvalue weighted by Gasteiger charge is 1.99. The molecule has 0 fully saturated rings. The van der Waals surface area contributed by atoms with Crippen molar-refractivity contribution in [2.45, 2.75) is 0 Å². The number of aromatic nitrogens is 1. The molecule has 0 unspecified atom stereocenters. The Bertz CT molecular complexity index is 366. The van der Waals surface area contributed by atoms with E-state index in [0.29, 0.717) is 5.75 Å². The van der Waals surface area contributed by atoms with Crippen molar-refractivity contribution >= 4 is 0 Å². The van der Waals surface area contributed by atoms with Gasteiger partial charge in [0.25, 0.3) is 0 Å². The Morgan fingerprint density at radius 1 is 1.23 bits per heavy atom. The first-order valence-electron chi connectivity index (χ1n) is 3.71. The first-order valence-corrected chi connectivity index (χ1v) is 3.71. The predicted octanol–water partition coefficient (Wildman–Crippen LogP) is 2.17. The number of rotatable bonds is 2.